The van der Waals surface area contributed by atoms with E-state index in [9.17, 15) is 0 Å². The Bertz CT molecular complexity index is 532. The minimum atomic E-state index is 0.890. The van der Waals surface area contributed by atoms with Crippen molar-refractivity contribution in [2.24, 2.45) is 0 Å². The van der Waals surface area contributed by atoms with Gasteiger partial charge in [0.2, 0.25) is 0 Å². The Morgan fingerprint density at radius 1 is 0.762 bits per heavy atom. The molecule has 0 radical (unpaired) electrons. The number of ether oxygens (including phenoxy) is 1. The molecule has 2 nitrogen and oxygen atoms in total. The number of hydrogen-bond donors (Lipinski definition) is 0. The van der Waals surface area contributed by atoms with Crippen LogP contribution in [-0.4, -0.2) is 37.3 Å². The quantitative estimate of drug-likeness (QED) is 0.765. The summed E-state index contributed by atoms with van der Waals surface area (Å²) in [6, 6.07) is 21.7. The van der Waals surface area contributed by atoms with Crippen molar-refractivity contribution in [3.63, 3.8) is 0 Å². The fourth-order valence-electron chi connectivity index (χ4n) is 3.17. The highest BCUT2D eigenvalue weighted by Gasteiger charge is 2.30. The van der Waals surface area contributed by atoms with Gasteiger partial charge in [-0.15, -0.1) is 0 Å². The van der Waals surface area contributed by atoms with Crippen LogP contribution in [0.15, 0.2) is 60.7 Å². The fourth-order valence-corrected chi connectivity index (χ4v) is 3.17. The first-order valence-electron chi connectivity index (χ1n) is 7.87. The first kappa shape index (κ1) is 14.3. The van der Waals surface area contributed by atoms with Gasteiger partial charge in [0.15, 0.2) is 0 Å². The van der Waals surface area contributed by atoms with E-state index in [1.54, 1.807) is 0 Å². The van der Waals surface area contributed by atoms with Crippen molar-refractivity contribution >= 4 is 0 Å². The first-order valence-corrected chi connectivity index (χ1v) is 7.87. The molecule has 0 N–H and O–H groups in total. The van der Waals surface area contributed by atoms with Gasteiger partial charge in [-0.05, 0) is 5.56 Å². The third-order valence-corrected chi connectivity index (χ3v) is 4.50. The molecule has 1 heterocycles. The molecule has 0 amide bonds. The number of hydrogen-bond acceptors (Lipinski definition) is 1. The van der Waals surface area contributed by atoms with Gasteiger partial charge in [-0.1, -0.05) is 60.7 Å². The summed E-state index contributed by atoms with van der Waals surface area (Å²) >= 11 is 0. The van der Waals surface area contributed by atoms with E-state index in [0.29, 0.717) is 0 Å². The second kappa shape index (κ2) is 6.88. The summed E-state index contributed by atoms with van der Waals surface area (Å²) in [6.07, 6.45) is 1.15. The lowest BCUT2D eigenvalue weighted by molar-refractivity contribution is -0.947. The minimum absolute atomic E-state index is 0.890. The van der Waals surface area contributed by atoms with E-state index < -0.39 is 0 Å². The van der Waals surface area contributed by atoms with Crippen LogP contribution >= 0.6 is 0 Å². The molecule has 0 spiro atoms. The Labute approximate surface area is 127 Å². The zero-order chi connectivity index (χ0) is 14.4. The Kier molecular flexibility index (Phi) is 4.69. The fraction of sp³-hybridized carbons (Fsp3) is 0.368. The van der Waals surface area contributed by atoms with Gasteiger partial charge < -0.3 is 9.22 Å². The third kappa shape index (κ3) is 3.93. The second-order valence-electron chi connectivity index (χ2n) is 6.00. The monoisotopic (exact) mass is 282 g/mol. The molecule has 0 unspecified atom stereocenters. The predicted molar refractivity (Wildman–Crippen MR) is 86.0 cm³/mol. The lowest BCUT2D eigenvalue weighted by Gasteiger charge is -2.41. The summed E-state index contributed by atoms with van der Waals surface area (Å²) in [5.74, 6) is 0. The third-order valence-electron chi connectivity index (χ3n) is 4.50. The van der Waals surface area contributed by atoms with Gasteiger partial charge in [0, 0.05) is 12.0 Å². The number of rotatable bonds is 5. The van der Waals surface area contributed by atoms with Crippen molar-refractivity contribution in [3.05, 3.63) is 71.8 Å². The molecule has 21 heavy (non-hydrogen) atoms. The maximum absolute atomic E-state index is 5.60. The van der Waals surface area contributed by atoms with E-state index in [4.69, 9.17) is 4.74 Å². The first-order chi connectivity index (χ1) is 10.4. The zero-order valence-corrected chi connectivity index (χ0v) is 12.6. The summed E-state index contributed by atoms with van der Waals surface area (Å²) in [5.41, 5.74) is 2.88. The van der Waals surface area contributed by atoms with Gasteiger partial charge >= 0.3 is 0 Å². The van der Waals surface area contributed by atoms with E-state index in [0.717, 1.165) is 43.8 Å². The van der Waals surface area contributed by atoms with Crippen LogP contribution in [0.4, 0.5) is 0 Å². The van der Waals surface area contributed by atoms with E-state index in [2.05, 4.69) is 60.7 Å². The number of benzene rings is 2. The van der Waals surface area contributed by atoms with Gasteiger partial charge in [-0.3, -0.25) is 0 Å². The van der Waals surface area contributed by atoms with Gasteiger partial charge in [0.1, 0.15) is 19.6 Å². The van der Waals surface area contributed by atoms with Crippen molar-refractivity contribution in [2.45, 2.75) is 13.0 Å². The van der Waals surface area contributed by atoms with Crippen molar-refractivity contribution in [2.75, 3.05) is 32.8 Å². The van der Waals surface area contributed by atoms with Crippen molar-refractivity contribution in [1.82, 2.24) is 0 Å². The van der Waals surface area contributed by atoms with Crippen LogP contribution in [0.25, 0.3) is 0 Å². The highest BCUT2D eigenvalue weighted by Crippen LogP contribution is 2.19. The lowest BCUT2D eigenvalue weighted by Crippen LogP contribution is -2.55. The molecule has 0 aliphatic carbocycles. The largest absolute Gasteiger partial charge is 0.370 e. The highest BCUT2D eigenvalue weighted by molar-refractivity contribution is 5.15. The molecule has 0 aromatic heterocycles. The molecule has 3 rings (SSSR count). The molecular weight excluding hydrogens is 258 g/mol. The number of quaternary nitrogens is 1. The van der Waals surface area contributed by atoms with Crippen molar-refractivity contribution in [3.8, 4) is 0 Å². The molecule has 0 saturated carbocycles. The Morgan fingerprint density at radius 2 is 1.33 bits per heavy atom. The van der Waals surface area contributed by atoms with E-state index in [1.807, 2.05) is 0 Å². The molecule has 2 aromatic rings. The average molecular weight is 282 g/mol. The van der Waals surface area contributed by atoms with E-state index >= 15 is 0 Å². The minimum Gasteiger partial charge on any atom is -0.370 e. The molecule has 1 aliphatic heterocycles. The SMILES string of the molecule is c1ccc(CC[N+]2(Cc3ccccc3)CCOCC2)cc1. The van der Waals surface area contributed by atoms with Gasteiger partial charge in [-0.2, -0.15) is 0 Å². The van der Waals surface area contributed by atoms with E-state index in [1.165, 1.54) is 17.7 Å². The van der Waals surface area contributed by atoms with E-state index in [-0.39, 0.29) is 0 Å². The van der Waals surface area contributed by atoms with Crippen LogP contribution in [0, 0.1) is 0 Å². The lowest BCUT2D eigenvalue weighted by atomic mass is 10.1. The zero-order valence-electron chi connectivity index (χ0n) is 12.6. The summed E-state index contributed by atoms with van der Waals surface area (Å²) in [7, 11) is 0. The van der Waals surface area contributed by atoms with Crippen LogP contribution in [0.1, 0.15) is 11.1 Å². The maximum Gasteiger partial charge on any atom is 0.104 e. The molecule has 0 bridgehead atoms. The Balaban J connectivity index is 1.70. The van der Waals surface area contributed by atoms with Crippen LogP contribution in [0.2, 0.25) is 0 Å². The molecule has 1 aliphatic rings. The van der Waals surface area contributed by atoms with Crippen molar-refractivity contribution in [1.29, 1.82) is 0 Å². The Morgan fingerprint density at radius 3 is 1.95 bits per heavy atom. The molecule has 1 saturated heterocycles. The molecule has 2 aromatic carbocycles. The summed E-state index contributed by atoms with van der Waals surface area (Å²) in [4.78, 5) is 0. The summed E-state index contributed by atoms with van der Waals surface area (Å²) in [5, 5.41) is 0. The average Bonchev–Trinajstić information content (AvgIpc) is 2.56. The van der Waals surface area contributed by atoms with Crippen LogP contribution in [-0.2, 0) is 17.7 Å². The molecular formula is C19H24NO+. The van der Waals surface area contributed by atoms with Gasteiger partial charge in [-0.25, -0.2) is 0 Å². The van der Waals surface area contributed by atoms with Gasteiger partial charge in [0.05, 0.1) is 19.8 Å². The molecule has 2 heteroatoms. The molecule has 110 valence electrons. The number of nitrogens with zero attached hydrogens (tertiary/aromatic N) is 1. The summed E-state index contributed by atoms with van der Waals surface area (Å²) in [6.45, 7) is 6.35. The number of morpholine rings is 1. The smallest absolute Gasteiger partial charge is 0.104 e. The standard InChI is InChI=1S/C19H24NO/c1-3-7-18(8-4-1)11-12-20(13-15-21-16-14-20)17-19-9-5-2-6-10-19/h1-10H,11-17H2/q+1. The molecule has 0 atom stereocenters. The summed E-state index contributed by atoms with van der Waals surface area (Å²) < 4.78 is 6.75. The second-order valence-corrected chi connectivity index (χ2v) is 6.00. The Hall–Kier alpha value is -1.64. The topological polar surface area (TPSA) is 9.23 Å². The maximum atomic E-state index is 5.60. The molecule has 1 fully saturated rings. The normalized spacial score (nSPS) is 17.5. The highest BCUT2D eigenvalue weighted by atomic mass is 16.5. The van der Waals surface area contributed by atoms with Crippen LogP contribution in [0.3, 0.4) is 0 Å². The van der Waals surface area contributed by atoms with Gasteiger partial charge in [0.25, 0.3) is 0 Å². The van der Waals surface area contributed by atoms with Crippen LogP contribution in [0.5, 0.6) is 0 Å². The van der Waals surface area contributed by atoms with Crippen molar-refractivity contribution < 1.29 is 9.22 Å². The van der Waals surface area contributed by atoms with Crippen LogP contribution < -0.4 is 0 Å². The predicted octanol–water partition coefficient (Wildman–Crippen LogP) is 3.28.